The number of esters is 2. The number of ether oxygens (including phenoxy) is 2. The standard InChI is InChI=1S/C16H17ClO7/c1-2-5-13(14(19)20)24-16(22)12-7-4-3-6-11(12)15(21)23-9-10(18)8-17/h2-4,6-7,10,13,18H,1,5,8-9H2,(H,19,20). The van der Waals surface area contributed by atoms with Gasteiger partial charge in [-0.1, -0.05) is 18.2 Å². The number of carboxylic acid groups (broad SMARTS) is 1. The fourth-order valence-corrected chi connectivity index (χ4v) is 1.77. The van der Waals surface area contributed by atoms with Crippen LogP contribution >= 0.6 is 11.6 Å². The predicted octanol–water partition coefficient (Wildman–Crippen LogP) is 1.63. The molecule has 0 heterocycles. The van der Waals surface area contributed by atoms with E-state index in [4.69, 9.17) is 26.2 Å². The van der Waals surface area contributed by atoms with Gasteiger partial charge in [-0.3, -0.25) is 0 Å². The number of carboxylic acids is 1. The summed E-state index contributed by atoms with van der Waals surface area (Å²) in [4.78, 5) is 35.2. The molecule has 2 N–H and O–H groups in total. The van der Waals surface area contributed by atoms with Crippen molar-refractivity contribution >= 4 is 29.5 Å². The van der Waals surface area contributed by atoms with Gasteiger partial charge in [0.25, 0.3) is 0 Å². The zero-order valence-electron chi connectivity index (χ0n) is 12.7. The van der Waals surface area contributed by atoms with E-state index in [1.807, 2.05) is 0 Å². The highest BCUT2D eigenvalue weighted by atomic mass is 35.5. The number of hydrogen-bond donors (Lipinski definition) is 2. The molecule has 2 atom stereocenters. The van der Waals surface area contributed by atoms with Crippen molar-refractivity contribution in [3.8, 4) is 0 Å². The van der Waals surface area contributed by atoms with Crippen LogP contribution in [0, 0.1) is 0 Å². The third-order valence-electron chi connectivity index (χ3n) is 2.86. The molecule has 1 aromatic carbocycles. The van der Waals surface area contributed by atoms with Gasteiger partial charge in [-0.05, 0) is 12.1 Å². The molecular weight excluding hydrogens is 340 g/mol. The van der Waals surface area contributed by atoms with Crippen molar-refractivity contribution in [2.45, 2.75) is 18.6 Å². The van der Waals surface area contributed by atoms with Crippen LogP contribution in [-0.2, 0) is 14.3 Å². The van der Waals surface area contributed by atoms with Crippen molar-refractivity contribution in [3.05, 3.63) is 48.0 Å². The van der Waals surface area contributed by atoms with Crippen LogP contribution in [0.1, 0.15) is 27.1 Å². The van der Waals surface area contributed by atoms with Crippen LogP contribution in [0.15, 0.2) is 36.9 Å². The van der Waals surface area contributed by atoms with Crippen LogP contribution in [0.25, 0.3) is 0 Å². The normalized spacial score (nSPS) is 12.8. The highest BCUT2D eigenvalue weighted by Crippen LogP contribution is 2.14. The largest absolute Gasteiger partial charge is 0.478 e. The number of alkyl halides is 1. The molecule has 0 aliphatic rings. The van der Waals surface area contributed by atoms with Gasteiger partial charge < -0.3 is 19.7 Å². The van der Waals surface area contributed by atoms with Gasteiger partial charge in [0.05, 0.1) is 17.0 Å². The van der Waals surface area contributed by atoms with E-state index >= 15 is 0 Å². The molecule has 0 fully saturated rings. The molecular formula is C16H17ClO7. The lowest BCUT2D eigenvalue weighted by atomic mass is 10.1. The second kappa shape index (κ2) is 9.69. The lowest BCUT2D eigenvalue weighted by molar-refractivity contribution is -0.146. The molecule has 24 heavy (non-hydrogen) atoms. The van der Waals surface area contributed by atoms with Crippen molar-refractivity contribution in [2.75, 3.05) is 12.5 Å². The number of aliphatic hydroxyl groups excluding tert-OH is 1. The van der Waals surface area contributed by atoms with E-state index in [1.54, 1.807) is 0 Å². The van der Waals surface area contributed by atoms with Gasteiger partial charge in [0.2, 0.25) is 6.10 Å². The maximum Gasteiger partial charge on any atom is 0.345 e. The van der Waals surface area contributed by atoms with Crippen LogP contribution < -0.4 is 0 Å². The van der Waals surface area contributed by atoms with Crippen LogP contribution in [0.4, 0.5) is 0 Å². The minimum absolute atomic E-state index is 0.0738. The highest BCUT2D eigenvalue weighted by molar-refractivity contribution is 6.18. The molecule has 0 saturated carbocycles. The van der Waals surface area contributed by atoms with E-state index in [0.29, 0.717) is 0 Å². The average molecular weight is 357 g/mol. The zero-order chi connectivity index (χ0) is 18.1. The summed E-state index contributed by atoms with van der Waals surface area (Å²) in [6.45, 7) is 3.06. The van der Waals surface area contributed by atoms with E-state index in [-0.39, 0.29) is 30.0 Å². The van der Waals surface area contributed by atoms with Crippen LogP contribution in [0.5, 0.6) is 0 Å². The van der Waals surface area contributed by atoms with Gasteiger partial charge in [0, 0.05) is 6.42 Å². The summed E-state index contributed by atoms with van der Waals surface area (Å²) in [5.41, 5.74) is -0.245. The van der Waals surface area contributed by atoms with Gasteiger partial charge in [0.1, 0.15) is 12.7 Å². The van der Waals surface area contributed by atoms with Crippen molar-refractivity contribution in [3.63, 3.8) is 0 Å². The molecule has 0 bridgehead atoms. The predicted molar refractivity (Wildman–Crippen MR) is 85.1 cm³/mol. The molecule has 0 spiro atoms. The van der Waals surface area contributed by atoms with Crippen molar-refractivity contribution < 1.29 is 34.1 Å². The minimum atomic E-state index is -1.41. The summed E-state index contributed by atoms with van der Waals surface area (Å²) in [6.07, 6.45) is -1.20. The summed E-state index contributed by atoms with van der Waals surface area (Å²) in [5, 5.41) is 18.3. The number of carbonyl (C=O) groups is 3. The molecule has 0 amide bonds. The van der Waals surface area contributed by atoms with Crippen LogP contribution in [-0.4, -0.2) is 52.8 Å². The first-order valence-corrected chi connectivity index (χ1v) is 7.49. The Morgan fingerprint density at radius 1 is 1.21 bits per heavy atom. The maximum atomic E-state index is 12.2. The number of benzene rings is 1. The Balaban J connectivity index is 2.92. The third-order valence-corrected chi connectivity index (χ3v) is 3.21. The molecule has 0 aromatic heterocycles. The molecule has 8 heteroatoms. The van der Waals surface area contributed by atoms with Gasteiger partial charge in [-0.15, -0.1) is 18.2 Å². The number of aliphatic hydroxyl groups is 1. The molecule has 0 radical (unpaired) electrons. The van der Waals surface area contributed by atoms with Gasteiger partial charge >= 0.3 is 17.9 Å². The first-order chi connectivity index (χ1) is 11.4. The fraction of sp³-hybridized carbons (Fsp3) is 0.312. The molecule has 1 rings (SSSR count). The Labute approximate surface area is 143 Å². The molecule has 7 nitrogen and oxygen atoms in total. The Morgan fingerprint density at radius 3 is 2.29 bits per heavy atom. The van der Waals surface area contributed by atoms with E-state index in [0.717, 1.165) is 0 Å². The van der Waals surface area contributed by atoms with Gasteiger partial charge in [-0.2, -0.15) is 0 Å². The summed E-state index contributed by atoms with van der Waals surface area (Å²) < 4.78 is 9.75. The maximum absolute atomic E-state index is 12.2. The Kier molecular flexibility index (Phi) is 7.94. The molecule has 0 aliphatic carbocycles. The van der Waals surface area contributed by atoms with E-state index in [2.05, 4.69) is 6.58 Å². The van der Waals surface area contributed by atoms with E-state index < -0.39 is 30.1 Å². The fourth-order valence-electron chi connectivity index (χ4n) is 1.68. The number of rotatable bonds is 9. The summed E-state index contributed by atoms with van der Waals surface area (Å²) in [7, 11) is 0. The Bertz CT molecular complexity index is 614. The third kappa shape index (κ3) is 5.68. The first-order valence-electron chi connectivity index (χ1n) is 6.95. The molecule has 1 aromatic rings. The van der Waals surface area contributed by atoms with Crippen LogP contribution in [0.2, 0.25) is 0 Å². The van der Waals surface area contributed by atoms with Crippen LogP contribution in [0.3, 0.4) is 0 Å². The molecule has 2 unspecified atom stereocenters. The van der Waals surface area contributed by atoms with E-state index in [9.17, 15) is 19.5 Å². The van der Waals surface area contributed by atoms with Crippen molar-refractivity contribution in [1.29, 1.82) is 0 Å². The minimum Gasteiger partial charge on any atom is -0.478 e. The number of carbonyl (C=O) groups excluding carboxylic acids is 2. The Morgan fingerprint density at radius 2 is 1.79 bits per heavy atom. The van der Waals surface area contributed by atoms with Gasteiger partial charge in [-0.25, -0.2) is 14.4 Å². The van der Waals surface area contributed by atoms with Crippen molar-refractivity contribution in [2.24, 2.45) is 0 Å². The molecule has 130 valence electrons. The highest BCUT2D eigenvalue weighted by Gasteiger charge is 2.25. The summed E-state index contributed by atoms with van der Waals surface area (Å²) >= 11 is 5.40. The SMILES string of the molecule is C=CCC(OC(=O)c1ccccc1C(=O)OCC(O)CCl)C(=O)O. The number of halogens is 1. The lowest BCUT2D eigenvalue weighted by Gasteiger charge is -2.14. The topological polar surface area (TPSA) is 110 Å². The average Bonchev–Trinajstić information content (AvgIpc) is 2.58. The zero-order valence-corrected chi connectivity index (χ0v) is 13.4. The second-order valence-corrected chi connectivity index (χ2v) is 5.02. The quantitative estimate of drug-likeness (QED) is 0.393. The van der Waals surface area contributed by atoms with E-state index in [1.165, 1.54) is 30.3 Å². The molecule has 0 saturated heterocycles. The van der Waals surface area contributed by atoms with Gasteiger partial charge in [0.15, 0.2) is 0 Å². The summed E-state index contributed by atoms with van der Waals surface area (Å²) in [6, 6.07) is 5.63. The smallest absolute Gasteiger partial charge is 0.345 e. The first kappa shape index (κ1) is 19.7. The lowest BCUT2D eigenvalue weighted by Crippen LogP contribution is -2.27. The number of aliphatic carboxylic acids is 1. The second-order valence-electron chi connectivity index (χ2n) is 4.71. The monoisotopic (exact) mass is 356 g/mol. The molecule has 0 aliphatic heterocycles. The van der Waals surface area contributed by atoms with Crippen molar-refractivity contribution in [1.82, 2.24) is 0 Å². The Hall–Kier alpha value is -2.38. The number of hydrogen-bond acceptors (Lipinski definition) is 6. The summed E-state index contributed by atoms with van der Waals surface area (Å²) in [5.74, 6) is -3.27.